The highest BCUT2D eigenvalue weighted by Crippen LogP contribution is 2.40. The van der Waals surface area contributed by atoms with Crippen LogP contribution in [-0.2, 0) is 0 Å². The second-order valence-electron chi connectivity index (χ2n) is 10.6. The summed E-state index contributed by atoms with van der Waals surface area (Å²) in [6.07, 6.45) is 0. The summed E-state index contributed by atoms with van der Waals surface area (Å²) in [5, 5.41) is 21.2. The van der Waals surface area contributed by atoms with Crippen LogP contribution in [0.2, 0.25) is 0 Å². The van der Waals surface area contributed by atoms with Crippen molar-refractivity contribution in [3.05, 3.63) is 140 Å². The fraction of sp³-hybridized carbons (Fsp3) is 0. The molecule has 0 spiro atoms. The lowest BCUT2D eigenvalue weighted by molar-refractivity contribution is 0.765. The third-order valence-corrected chi connectivity index (χ3v) is 9.02. The fourth-order valence-corrected chi connectivity index (χ4v) is 6.81. The number of benzene rings is 6. The summed E-state index contributed by atoms with van der Waals surface area (Å²) >= 11 is 1.82. The fourth-order valence-electron chi connectivity index (χ4n) is 5.72. The lowest BCUT2D eigenvalue weighted by Gasteiger charge is -2.26. The van der Waals surface area contributed by atoms with Crippen molar-refractivity contribution in [1.29, 1.82) is 0 Å². The summed E-state index contributed by atoms with van der Waals surface area (Å²) in [5.41, 5.74) is 8.41. The molecule has 0 radical (unpaired) electrons. The maximum Gasteiger partial charge on any atom is 0.113 e. The first-order valence-electron chi connectivity index (χ1n) is 14.3. The molecule has 0 aliphatic heterocycles. The second-order valence-corrected chi connectivity index (χ2v) is 11.7. The van der Waals surface area contributed by atoms with Gasteiger partial charge in [-0.1, -0.05) is 42.5 Å². The van der Waals surface area contributed by atoms with E-state index in [0.717, 1.165) is 50.5 Å². The van der Waals surface area contributed by atoms with Crippen molar-refractivity contribution in [2.75, 3.05) is 4.90 Å². The van der Waals surface area contributed by atoms with E-state index in [2.05, 4.69) is 116 Å². The SMILES string of the molecule is c1ccc2nn(-c3ccc(N(c4ccc(-n5nc6ccccc6n5)cc4)c4ccc5sc6ccccc6c5c4)cc3)nc2c1. The average Bonchev–Trinajstić information content (AvgIpc) is 3.81. The van der Waals surface area contributed by atoms with Crippen LogP contribution in [0.5, 0.6) is 0 Å². The molecule has 44 heavy (non-hydrogen) atoms. The van der Waals surface area contributed by atoms with Gasteiger partial charge in [-0.25, -0.2) is 0 Å². The summed E-state index contributed by atoms with van der Waals surface area (Å²) in [7, 11) is 0. The molecule has 0 saturated heterocycles. The average molecular weight is 586 g/mol. The number of fused-ring (bicyclic) bond motifs is 5. The Labute approximate surface area is 255 Å². The normalized spacial score (nSPS) is 11.6. The van der Waals surface area contributed by atoms with Gasteiger partial charge >= 0.3 is 0 Å². The van der Waals surface area contributed by atoms with Gasteiger partial charge in [0, 0.05) is 37.2 Å². The van der Waals surface area contributed by atoms with Gasteiger partial charge in [-0.05, 0) is 97.1 Å². The molecule has 208 valence electrons. The first-order valence-corrected chi connectivity index (χ1v) is 15.2. The molecule has 6 aromatic carbocycles. The predicted octanol–water partition coefficient (Wildman–Crippen LogP) is 8.99. The van der Waals surface area contributed by atoms with Gasteiger partial charge in [0.25, 0.3) is 0 Å². The Hall–Kier alpha value is -5.86. The molecule has 0 amide bonds. The van der Waals surface area contributed by atoms with Gasteiger partial charge in [0.1, 0.15) is 22.1 Å². The van der Waals surface area contributed by atoms with E-state index >= 15 is 0 Å². The lowest BCUT2D eigenvalue weighted by Crippen LogP contribution is -2.10. The van der Waals surface area contributed by atoms with Crippen LogP contribution in [0.25, 0.3) is 53.6 Å². The first kappa shape index (κ1) is 24.7. The molecule has 0 bridgehead atoms. The van der Waals surface area contributed by atoms with Crippen molar-refractivity contribution in [3.8, 4) is 11.4 Å². The van der Waals surface area contributed by atoms with E-state index in [1.807, 2.05) is 59.9 Å². The molecule has 0 N–H and O–H groups in total. The van der Waals surface area contributed by atoms with Crippen LogP contribution < -0.4 is 4.90 Å². The molecular formula is C36H23N7S. The van der Waals surface area contributed by atoms with Gasteiger partial charge in [0.05, 0.1) is 11.4 Å². The molecule has 3 aromatic heterocycles. The molecule has 0 atom stereocenters. The summed E-state index contributed by atoms with van der Waals surface area (Å²) in [6, 6.07) is 47.9. The van der Waals surface area contributed by atoms with Gasteiger partial charge in [-0.3, -0.25) is 0 Å². The quantitative estimate of drug-likeness (QED) is 0.202. The highest BCUT2D eigenvalue weighted by atomic mass is 32.1. The molecular weight excluding hydrogens is 563 g/mol. The second kappa shape index (κ2) is 9.86. The summed E-state index contributed by atoms with van der Waals surface area (Å²) < 4.78 is 2.56. The summed E-state index contributed by atoms with van der Waals surface area (Å²) in [4.78, 5) is 5.66. The Balaban J connectivity index is 1.15. The van der Waals surface area contributed by atoms with Gasteiger partial charge < -0.3 is 4.90 Å². The maximum atomic E-state index is 4.66. The van der Waals surface area contributed by atoms with E-state index in [-0.39, 0.29) is 0 Å². The third-order valence-electron chi connectivity index (χ3n) is 7.87. The van der Waals surface area contributed by atoms with E-state index in [0.29, 0.717) is 0 Å². The molecule has 0 aliphatic carbocycles. The van der Waals surface area contributed by atoms with Gasteiger partial charge in [0.2, 0.25) is 0 Å². The third kappa shape index (κ3) is 4.11. The Morgan fingerprint density at radius 1 is 0.409 bits per heavy atom. The minimum absolute atomic E-state index is 0.870. The summed E-state index contributed by atoms with van der Waals surface area (Å²) in [5.74, 6) is 0. The number of rotatable bonds is 5. The van der Waals surface area contributed by atoms with Crippen molar-refractivity contribution >= 4 is 70.6 Å². The van der Waals surface area contributed by atoms with Crippen molar-refractivity contribution in [3.63, 3.8) is 0 Å². The zero-order chi connectivity index (χ0) is 29.0. The van der Waals surface area contributed by atoms with Crippen molar-refractivity contribution in [2.45, 2.75) is 0 Å². The van der Waals surface area contributed by atoms with Crippen molar-refractivity contribution in [2.24, 2.45) is 0 Å². The monoisotopic (exact) mass is 585 g/mol. The zero-order valence-electron chi connectivity index (χ0n) is 23.3. The number of thiophene rings is 1. The molecule has 0 saturated carbocycles. The van der Waals surface area contributed by atoms with Gasteiger partial charge in [-0.15, -0.1) is 31.7 Å². The van der Waals surface area contributed by atoms with Crippen LogP contribution in [0.15, 0.2) is 140 Å². The Kier molecular flexibility index (Phi) is 5.54. The molecule has 0 fully saturated rings. The number of nitrogens with zero attached hydrogens (tertiary/aromatic N) is 7. The first-order chi connectivity index (χ1) is 21.8. The van der Waals surface area contributed by atoms with E-state index in [4.69, 9.17) is 0 Å². The predicted molar refractivity (Wildman–Crippen MR) is 179 cm³/mol. The Bertz CT molecular complexity index is 2270. The standard InChI is InChI=1S/C36H23N7S/c1-6-12-35-29(7-1)30-23-28(21-22-36(30)44-35)41(24-13-17-26(18-14-24)42-37-31-8-2-3-9-32(31)38-42)25-15-19-27(20-16-25)43-39-33-10-4-5-11-34(33)40-43/h1-23H. The molecule has 0 unspecified atom stereocenters. The van der Waals surface area contributed by atoms with Crippen LogP contribution in [0, 0.1) is 0 Å². The van der Waals surface area contributed by atoms with Crippen LogP contribution in [0.4, 0.5) is 17.1 Å². The number of aromatic nitrogens is 6. The zero-order valence-corrected chi connectivity index (χ0v) is 24.1. The smallest absolute Gasteiger partial charge is 0.113 e. The highest BCUT2D eigenvalue weighted by Gasteiger charge is 2.16. The summed E-state index contributed by atoms with van der Waals surface area (Å²) in [6.45, 7) is 0. The van der Waals surface area contributed by atoms with Crippen LogP contribution in [0.3, 0.4) is 0 Å². The number of hydrogen-bond donors (Lipinski definition) is 0. The Morgan fingerprint density at radius 2 is 0.841 bits per heavy atom. The Morgan fingerprint density at radius 3 is 1.36 bits per heavy atom. The maximum absolute atomic E-state index is 4.66. The molecule has 9 rings (SSSR count). The van der Waals surface area contributed by atoms with Crippen LogP contribution in [0.1, 0.15) is 0 Å². The van der Waals surface area contributed by atoms with Crippen molar-refractivity contribution < 1.29 is 0 Å². The van der Waals surface area contributed by atoms with Crippen LogP contribution in [-0.4, -0.2) is 30.0 Å². The highest BCUT2D eigenvalue weighted by molar-refractivity contribution is 7.25. The lowest BCUT2D eigenvalue weighted by atomic mass is 10.1. The molecule has 3 heterocycles. The molecule has 9 aromatic rings. The van der Waals surface area contributed by atoms with Gasteiger partial charge in [0.15, 0.2) is 0 Å². The van der Waals surface area contributed by atoms with E-state index in [1.165, 1.54) is 20.2 Å². The van der Waals surface area contributed by atoms with E-state index < -0.39 is 0 Å². The van der Waals surface area contributed by atoms with E-state index in [9.17, 15) is 0 Å². The molecule has 8 heteroatoms. The minimum Gasteiger partial charge on any atom is -0.310 e. The van der Waals surface area contributed by atoms with Gasteiger partial charge in [-0.2, -0.15) is 9.59 Å². The largest absolute Gasteiger partial charge is 0.310 e. The van der Waals surface area contributed by atoms with Crippen LogP contribution >= 0.6 is 11.3 Å². The molecule has 7 nitrogen and oxygen atoms in total. The molecule has 0 aliphatic rings. The van der Waals surface area contributed by atoms with Crippen molar-refractivity contribution in [1.82, 2.24) is 30.0 Å². The number of hydrogen-bond acceptors (Lipinski definition) is 6. The number of anilines is 3. The topological polar surface area (TPSA) is 64.7 Å². The minimum atomic E-state index is 0.870. The van der Waals surface area contributed by atoms with E-state index in [1.54, 1.807) is 9.59 Å².